The van der Waals surface area contributed by atoms with Gasteiger partial charge in [-0.3, -0.25) is 9.59 Å². The Morgan fingerprint density at radius 2 is 1.90 bits per heavy atom. The summed E-state index contributed by atoms with van der Waals surface area (Å²) in [6.07, 6.45) is -2.20. The number of hydrogen-bond acceptors (Lipinski definition) is 8. The van der Waals surface area contributed by atoms with E-state index in [1.165, 1.54) is 37.6 Å². The van der Waals surface area contributed by atoms with Crippen molar-refractivity contribution >= 4 is 16.5 Å². The first-order valence-corrected chi connectivity index (χ1v) is 11.9. The number of aromatic nitrogens is 5. The number of nitrogens with zero attached hydrogens (tertiary/aromatic N) is 4. The fraction of sp³-hybridized carbons (Fsp3) is 0.320. The lowest BCUT2D eigenvalue weighted by Crippen LogP contribution is -2.30. The number of H-pyrrole nitrogens is 1. The summed E-state index contributed by atoms with van der Waals surface area (Å²) in [4.78, 5) is 32.7. The SMILES string of the molecule is CC(CC(F)Cn1ccc2cc(-c3ncc(OCCO)cn3)c(F)cc2c1=O)Nc1cn[nH]c(=O)c1C(F)(F)F. The summed E-state index contributed by atoms with van der Waals surface area (Å²) in [6.45, 7) is 0.816. The molecule has 0 aliphatic rings. The van der Waals surface area contributed by atoms with Crippen LogP contribution in [0.25, 0.3) is 22.2 Å². The lowest BCUT2D eigenvalue weighted by molar-refractivity contribution is -0.138. The van der Waals surface area contributed by atoms with E-state index in [0.717, 1.165) is 16.8 Å². The molecule has 3 aromatic heterocycles. The standard InChI is InChI=1S/C25H23F5N6O4/c1-13(34-20-11-33-35-23(38)21(20)25(28,29)30)6-15(26)12-36-3-2-14-7-18(19(27)8-17(14)24(36)39)22-31-9-16(10-32-22)40-5-4-37/h2-3,7-11,13,15,37H,4-6,12H2,1H3,(H2,34,35,38). The van der Waals surface area contributed by atoms with Gasteiger partial charge in [0.1, 0.15) is 24.2 Å². The highest BCUT2D eigenvalue weighted by Gasteiger charge is 2.37. The van der Waals surface area contributed by atoms with Gasteiger partial charge >= 0.3 is 6.18 Å². The molecule has 0 aliphatic heterocycles. The Morgan fingerprint density at radius 1 is 1.18 bits per heavy atom. The topological polar surface area (TPSA) is 135 Å². The summed E-state index contributed by atoms with van der Waals surface area (Å²) in [6, 6.07) is 3.01. The van der Waals surface area contributed by atoms with Gasteiger partial charge in [-0.15, -0.1) is 0 Å². The van der Waals surface area contributed by atoms with Crippen LogP contribution in [-0.2, 0) is 12.7 Å². The second-order valence-corrected chi connectivity index (χ2v) is 8.87. The van der Waals surface area contributed by atoms with Crippen LogP contribution in [0.2, 0.25) is 0 Å². The van der Waals surface area contributed by atoms with Crippen molar-refractivity contribution in [3.63, 3.8) is 0 Å². The average molecular weight is 566 g/mol. The first kappa shape index (κ1) is 28.6. The summed E-state index contributed by atoms with van der Waals surface area (Å²) in [7, 11) is 0. The van der Waals surface area contributed by atoms with Crippen LogP contribution in [0.4, 0.5) is 27.6 Å². The number of pyridine rings is 1. The van der Waals surface area contributed by atoms with E-state index in [-0.39, 0.29) is 42.2 Å². The predicted octanol–water partition coefficient (Wildman–Crippen LogP) is 3.30. The molecule has 0 saturated heterocycles. The number of aliphatic hydroxyl groups is 1. The molecule has 0 amide bonds. The van der Waals surface area contributed by atoms with Crippen LogP contribution in [0.1, 0.15) is 18.9 Å². The van der Waals surface area contributed by atoms with Gasteiger partial charge in [-0.25, -0.2) is 23.8 Å². The van der Waals surface area contributed by atoms with E-state index in [9.17, 15) is 31.5 Å². The molecule has 3 N–H and O–H groups in total. The van der Waals surface area contributed by atoms with E-state index < -0.39 is 53.1 Å². The van der Waals surface area contributed by atoms with Gasteiger partial charge in [0, 0.05) is 18.7 Å². The number of alkyl halides is 4. The van der Waals surface area contributed by atoms with Crippen molar-refractivity contribution in [3.8, 4) is 17.1 Å². The fourth-order valence-corrected chi connectivity index (χ4v) is 4.10. The molecule has 4 aromatic rings. The minimum Gasteiger partial charge on any atom is -0.488 e. The second-order valence-electron chi connectivity index (χ2n) is 8.87. The number of nitrogens with one attached hydrogen (secondary N) is 2. The zero-order valence-electron chi connectivity index (χ0n) is 20.9. The molecule has 0 spiro atoms. The molecule has 0 aliphatic carbocycles. The Hall–Kier alpha value is -4.40. The first-order valence-electron chi connectivity index (χ1n) is 11.9. The Balaban J connectivity index is 1.49. The van der Waals surface area contributed by atoms with Crippen LogP contribution in [0.15, 0.2) is 52.6 Å². The number of aromatic amines is 1. The largest absolute Gasteiger partial charge is 0.488 e. The van der Waals surface area contributed by atoms with Crippen molar-refractivity contribution in [2.75, 3.05) is 18.5 Å². The number of rotatable bonds is 10. The predicted molar refractivity (Wildman–Crippen MR) is 134 cm³/mol. The summed E-state index contributed by atoms with van der Waals surface area (Å²) >= 11 is 0. The van der Waals surface area contributed by atoms with Crippen molar-refractivity contribution in [2.24, 2.45) is 0 Å². The van der Waals surface area contributed by atoms with Gasteiger partial charge in [0.05, 0.1) is 48.4 Å². The second kappa shape index (κ2) is 11.8. The maximum atomic E-state index is 14.9. The third-order valence-electron chi connectivity index (χ3n) is 5.84. The fourth-order valence-electron chi connectivity index (χ4n) is 4.10. The van der Waals surface area contributed by atoms with Gasteiger partial charge in [-0.1, -0.05) is 0 Å². The highest BCUT2D eigenvalue weighted by molar-refractivity contribution is 5.86. The number of benzene rings is 1. The van der Waals surface area contributed by atoms with E-state index in [1.54, 1.807) is 5.10 Å². The highest BCUT2D eigenvalue weighted by Crippen LogP contribution is 2.32. The molecule has 0 saturated carbocycles. The van der Waals surface area contributed by atoms with E-state index in [4.69, 9.17) is 9.84 Å². The minimum atomic E-state index is -4.95. The molecule has 10 nitrogen and oxygen atoms in total. The smallest absolute Gasteiger partial charge is 0.423 e. The lowest BCUT2D eigenvalue weighted by Gasteiger charge is -2.20. The lowest BCUT2D eigenvalue weighted by atomic mass is 10.1. The number of anilines is 1. The van der Waals surface area contributed by atoms with Gasteiger partial charge < -0.3 is 19.7 Å². The Morgan fingerprint density at radius 3 is 2.58 bits per heavy atom. The summed E-state index contributed by atoms with van der Waals surface area (Å²) < 4.78 is 75.8. The van der Waals surface area contributed by atoms with Crippen molar-refractivity contribution in [1.29, 1.82) is 0 Å². The number of hydrogen-bond donors (Lipinski definition) is 3. The molecule has 40 heavy (non-hydrogen) atoms. The van der Waals surface area contributed by atoms with Crippen LogP contribution in [0.3, 0.4) is 0 Å². The molecule has 2 unspecified atom stereocenters. The van der Waals surface area contributed by atoms with Crippen LogP contribution >= 0.6 is 0 Å². The van der Waals surface area contributed by atoms with Gasteiger partial charge in [0.15, 0.2) is 11.6 Å². The molecule has 0 fully saturated rings. The molecule has 212 valence electrons. The molecule has 1 aromatic carbocycles. The minimum absolute atomic E-state index is 0.0190. The Bertz CT molecular complexity index is 1610. The first-order chi connectivity index (χ1) is 19.0. The molecule has 2 atom stereocenters. The molecule has 0 bridgehead atoms. The van der Waals surface area contributed by atoms with Crippen molar-refractivity contribution in [3.05, 3.63) is 75.1 Å². The van der Waals surface area contributed by atoms with Crippen molar-refractivity contribution < 1.29 is 31.8 Å². The van der Waals surface area contributed by atoms with Crippen LogP contribution in [0.5, 0.6) is 5.75 Å². The molecule has 3 heterocycles. The molecule has 15 heteroatoms. The number of ether oxygens (including phenoxy) is 1. The summed E-state index contributed by atoms with van der Waals surface area (Å²) in [5.41, 5.74) is -4.16. The highest BCUT2D eigenvalue weighted by atomic mass is 19.4. The summed E-state index contributed by atoms with van der Waals surface area (Å²) in [5, 5.41) is 16.7. The number of aliphatic hydroxyl groups excluding tert-OH is 1. The zero-order valence-corrected chi connectivity index (χ0v) is 20.9. The maximum absolute atomic E-state index is 14.9. The average Bonchev–Trinajstić information content (AvgIpc) is 2.88. The van der Waals surface area contributed by atoms with E-state index >= 15 is 0 Å². The van der Waals surface area contributed by atoms with Crippen molar-refractivity contribution in [1.82, 2.24) is 24.7 Å². The van der Waals surface area contributed by atoms with Crippen LogP contribution in [0, 0.1) is 5.82 Å². The van der Waals surface area contributed by atoms with E-state index in [0.29, 0.717) is 5.39 Å². The van der Waals surface area contributed by atoms with Gasteiger partial charge in [-0.05, 0) is 30.5 Å². The zero-order chi connectivity index (χ0) is 29.0. The third-order valence-corrected chi connectivity index (χ3v) is 5.84. The molecular formula is C25H23F5N6O4. The summed E-state index contributed by atoms with van der Waals surface area (Å²) in [5.74, 6) is -0.468. The van der Waals surface area contributed by atoms with Gasteiger partial charge in [0.25, 0.3) is 11.1 Å². The van der Waals surface area contributed by atoms with Crippen LogP contribution < -0.4 is 21.2 Å². The molecule has 4 rings (SSSR count). The van der Waals surface area contributed by atoms with Gasteiger partial charge in [-0.2, -0.15) is 18.3 Å². The van der Waals surface area contributed by atoms with E-state index in [2.05, 4.69) is 20.4 Å². The third kappa shape index (κ3) is 6.42. The Labute approximate surface area is 222 Å². The number of halogens is 5. The van der Waals surface area contributed by atoms with Crippen LogP contribution in [-0.4, -0.2) is 55.3 Å². The monoisotopic (exact) mass is 566 g/mol. The van der Waals surface area contributed by atoms with E-state index in [1.807, 2.05) is 0 Å². The van der Waals surface area contributed by atoms with Gasteiger partial charge in [0.2, 0.25) is 0 Å². The molecular weight excluding hydrogens is 543 g/mol. The maximum Gasteiger partial charge on any atom is 0.423 e. The Kier molecular flexibility index (Phi) is 8.42. The normalized spacial score (nSPS) is 13.3. The quantitative estimate of drug-likeness (QED) is 0.249. The van der Waals surface area contributed by atoms with Crippen molar-refractivity contribution in [2.45, 2.75) is 38.3 Å². The molecule has 0 radical (unpaired) electrons. The number of fused-ring (bicyclic) bond motifs is 1.